The summed E-state index contributed by atoms with van der Waals surface area (Å²) in [5.74, 6) is -0.112. The van der Waals surface area contributed by atoms with E-state index in [0.717, 1.165) is 11.1 Å². The Morgan fingerprint density at radius 3 is 2.16 bits per heavy atom. The molecule has 2 aromatic rings. The van der Waals surface area contributed by atoms with Crippen LogP contribution in [-0.2, 0) is 13.1 Å². The van der Waals surface area contributed by atoms with Gasteiger partial charge in [0.25, 0.3) is 5.91 Å². The number of hydrogen-bond donors (Lipinski definition) is 2. The number of amides is 1. The smallest absolute Gasteiger partial charge is 0.251 e. The zero-order valence-electron chi connectivity index (χ0n) is 10.4. The van der Waals surface area contributed by atoms with Crippen LogP contribution in [0.3, 0.4) is 0 Å². The number of rotatable bonds is 4. The molecule has 2 rings (SSSR count). The van der Waals surface area contributed by atoms with Gasteiger partial charge in [-0.2, -0.15) is 0 Å². The van der Waals surface area contributed by atoms with Crippen LogP contribution in [0.15, 0.2) is 48.5 Å². The summed E-state index contributed by atoms with van der Waals surface area (Å²) in [4.78, 5) is 11.9. The number of hydrogen-bond acceptors (Lipinski definition) is 2. The fraction of sp³-hybridized carbons (Fsp3) is 0.133. The molecule has 0 bridgehead atoms. The number of halogens is 1. The van der Waals surface area contributed by atoms with Gasteiger partial charge in [-0.25, -0.2) is 0 Å². The van der Waals surface area contributed by atoms with E-state index in [2.05, 4.69) is 5.32 Å². The fourth-order valence-electron chi connectivity index (χ4n) is 1.68. The minimum Gasteiger partial charge on any atom is -0.348 e. The molecule has 19 heavy (non-hydrogen) atoms. The monoisotopic (exact) mass is 274 g/mol. The van der Waals surface area contributed by atoms with Crippen molar-refractivity contribution in [3.8, 4) is 0 Å². The van der Waals surface area contributed by atoms with Crippen molar-refractivity contribution in [2.24, 2.45) is 5.73 Å². The molecule has 0 aliphatic heterocycles. The van der Waals surface area contributed by atoms with E-state index in [-0.39, 0.29) is 5.91 Å². The summed E-state index contributed by atoms with van der Waals surface area (Å²) in [7, 11) is 0. The van der Waals surface area contributed by atoms with E-state index >= 15 is 0 Å². The van der Waals surface area contributed by atoms with Gasteiger partial charge in [0.05, 0.1) is 0 Å². The Balaban J connectivity index is 1.94. The normalized spacial score (nSPS) is 10.2. The highest BCUT2D eigenvalue weighted by Crippen LogP contribution is 2.10. The van der Waals surface area contributed by atoms with E-state index in [9.17, 15) is 4.79 Å². The first kappa shape index (κ1) is 13.6. The summed E-state index contributed by atoms with van der Waals surface area (Å²) < 4.78 is 0. The van der Waals surface area contributed by atoms with Crippen LogP contribution >= 0.6 is 11.6 Å². The maximum atomic E-state index is 11.9. The van der Waals surface area contributed by atoms with Crippen molar-refractivity contribution in [3.63, 3.8) is 0 Å². The van der Waals surface area contributed by atoms with Crippen LogP contribution in [0.2, 0.25) is 5.02 Å². The van der Waals surface area contributed by atoms with E-state index in [4.69, 9.17) is 17.3 Å². The van der Waals surface area contributed by atoms with Gasteiger partial charge in [0.1, 0.15) is 0 Å². The third kappa shape index (κ3) is 3.81. The van der Waals surface area contributed by atoms with Crippen molar-refractivity contribution < 1.29 is 4.79 Å². The van der Waals surface area contributed by atoms with Gasteiger partial charge in [-0.05, 0) is 35.4 Å². The zero-order chi connectivity index (χ0) is 13.7. The number of carbonyl (C=O) groups excluding carboxylic acids is 1. The van der Waals surface area contributed by atoms with Gasteiger partial charge in [0.2, 0.25) is 0 Å². The first-order valence-corrected chi connectivity index (χ1v) is 6.38. The molecule has 1 amide bonds. The van der Waals surface area contributed by atoms with Crippen LogP contribution in [0.1, 0.15) is 21.5 Å². The van der Waals surface area contributed by atoms with Crippen LogP contribution in [-0.4, -0.2) is 5.91 Å². The Morgan fingerprint density at radius 1 is 1.00 bits per heavy atom. The number of nitrogens with two attached hydrogens (primary N) is 1. The maximum Gasteiger partial charge on any atom is 0.251 e. The predicted octanol–water partition coefficient (Wildman–Crippen LogP) is 2.73. The molecular weight excluding hydrogens is 260 g/mol. The van der Waals surface area contributed by atoms with E-state index in [1.54, 1.807) is 24.3 Å². The Hall–Kier alpha value is -1.84. The Labute approximate surface area is 117 Å². The van der Waals surface area contributed by atoms with Crippen molar-refractivity contribution in [1.82, 2.24) is 5.32 Å². The van der Waals surface area contributed by atoms with Crippen LogP contribution < -0.4 is 11.1 Å². The lowest BCUT2D eigenvalue weighted by atomic mass is 10.1. The lowest BCUT2D eigenvalue weighted by Gasteiger charge is -2.06. The van der Waals surface area contributed by atoms with Gasteiger partial charge in [-0.15, -0.1) is 0 Å². The van der Waals surface area contributed by atoms with Gasteiger partial charge in [-0.3, -0.25) is 4.79 Å². The topological polar surface area (TPSA) is 55.1 Å². The molecule has 0 fully saturated rings. The molecule has 0 spiro atoms. The standard InChI is InChI=1S/C15H15ClN2O/c16-14-7-5-13(6-8-14)15(19)18-10-12-3-1-11(9-17)2-4-12/h1-8H,9-10,17H2,(H,18,19). The van der Waals surface area contributed by atoms with E-state index in [1.807, 2.05) is 24.3 Å². The molecule has 0 atom stereocenters. The zero-order valence-corrected chi connectivity index (χ0v) is 11.2. The second-order valence-corrected chi connectivity index (χ2v) is 4.65. The summed E-state index contributed by atoms with van der Waals surface area (Å²) in [6.45, 7) is 1.02. The van der Waals surface area contributed by atoms with Crippen LogP contribution in [0.5, 0.6) is 0 Å². The Bertz CT molecular complexity index is 549. The van der Waals surface area contributed by atoms with Crippen molar-refractivity contribution in [2.75, 3.05) is 0 Å². The molecule has 2 aromatic carbocycles. The summed E-state index contributed by atoms with van der Waals surface area (Å²) >= 11 is 5.78. The van der Waals surface area contributed by atoms with Crippen LogP contribution in [0.4, 0.5) is 0 Å². The highest BCUT2D eigenvalue weighted by atomic mass is 35.5. The molecule has 98 valence electrons. The van der Waals surface area contributed by atoms with E-state index < -0.39 is 0 Å². The highest BCUT2D eigenvalue weighted by Gasteiger charge is 2.04. The number of benzene rings is 2. The lowest BCUT2D eigenvalue weighted by Crippen LogP contribution is -2.22. The minimum atomic E-state index is -0.112. The van der Waals surface area contributed by atoms with E-state index in [1.165, 1.54) is 0 Å². The van der Waals surface area contributed by atoms with E-state index in [0.29, 0.717) is 23.7 Å². The van der Waals surface area contributed by atoms with Gasteiger partial charge < -0.3 is 11.1 Å². The van der Waals surface area contributed by atoms with Gasteiger partial charge >= 0.3 is 0 Å². The average molecular weight is 275 g/mol. The van der Waals surface area contributed by atoms with Gasteiger partial charge in [-0.1, -0.05) is 35.9 Å². The van der Waals surface area contributed by atoms with Crippen molar-refractivity contribution in [1.29, 1.82) is 0 Å². The molecule has 0 aliphatic carbocycles. The first-order chi connectivity index (χ1) is 9.19. The molecule has 0 saturated heterocycles. The summed E-state index contributed by atoms with van der Waals surface area (Å²) in [6, 6.07) is 14.7. The minimum absolute atomic E-state index is 0.112. The second kappa shape index (κ2) is 6.36. The van der Waals surface area contributed by atoms with Gasteiger partial charge in [0, 0.05) is 23.7 Å². The predicted molar refractivity (Wildman–Crippen MR) is 77.0 cm³/mol. The summed E-state index contributed by atoms with van der Waals surface area (Å²) in [6.07, 6.45) is 0. The third-order valence-electron chi connectivity index (χ3n) is 2.82. The third-order valence-corrected chi connectivity index (χ3v) is 3.07. The fourth-order valence-corrected chi connectivity index (χ4v) is 1.80. The number of nitrogens with one attached hydrogen (secondary N) is 1. The quantitative estimate of drug-likeness (QED) is 0.901. The van der Waals surface area contributed by atoms with Crippen LogP contribution in [0.25, 0.3) is 0 Å². The largest absolute Gasteiger partial charge is 0.348 e. The van der Waals surface area contributed by atoms with Crippen molar-refractivity contribution in [3.05, 3.63) is 70.2 Å². The summed E-state index contributed by atoms with van der Waals surface area (Å²) in [5.41, 5.74) is 8.25. The molecule has 3 N–H and O–H groups in total. The SMILES string of the molecule is NCc1ccc(CNC(=O)c2ccc(Cl)cc2)cc1. The molecule has 0 radical (unpaired) electrons. The molecular formula is C15H15ClN2O. The maximum absolute atomic E-state index is 11.9. The van der Waals surface area contributed by atoms with Crippen LogP contribution in [0, 0.1) is 0 Å². The van der Waals surface area contributed by atoms with Gasteiger partial charge in [0.15, 0.2) is 0 Å². The Morgan fingerprint density at radius 2 is 1.58 bits per heavy atom. The highest BCUT2D eigenvalue weighted by molar-refractivity contribution is 6.30. The summed E-state index contributed by atoms with van der Waals surface area (Å²) in [5, 5.41) is 3.48. The molecule has 0 aromatic heterocycles. The molecule has 4 heteroatoms. The molecule has 0 aliphatic rings. The van der Waals surface area contributed by atoms with Crippen molar-refractivity contribution in [2.45, 2.75) is 13.1 Å². The molecule has 0 heterocycles. The van der Waals surface area contributed by atoms with Crippen molar-refractivity contribution >= 4 is 17.5 Å². The Kier molecular flexibility index (Phi) is 4.55. The first-order valence-electron chi connectivity index (χ1n) is 6.00. The number of carbonyl (C=O) groups is 1. The lowest BCUT2D eigenvalue weighted by molar-refractivity contribution is 0.0951. The second-order valence-electron chi connectivity index (χ2n) is 4.21. The average Bonchev–Trinajstić information content (AvgIpc) is 2.46. The molecule has 0 saturated carbocycles. The molecule has 3 nitrogen and oxygen atoms in total. The molecule has 0 unspecified atom stereocenters.